The number of likely N-dealkylation sites (tertiary alicyclic amines) is 1. The van der Waals surface area contributed by atoms with E-state index in [1.165, 1.54) is 41.0 Å². The molecule has 0 spiro atoms. The molecule has 1 saturated heterocycles. The smallest absolute Gasteiger partial charge is 0.251 e. The highest BCUT2D eigenvalue weighted by atomic mass is 32.2. The van der Waals surface area contributed by atoms with Crippen molar-refractivity contribution in [3.05, 3.63) is 59.2 Å². The number of rotatable bonds is 7. The minimum Gasteiger partial charge on any atom is -0.365 e. The molecule has 0 aliphatic carbocycles. The van der Waals surface area contributed by atoms with Gasteiger partial charge < -0.3 is 10.2 Å². The number of carbonyl (C=O) groups is 1. The first-order valence-electron chi connectivity index (χ1n) is 12.1. The number of fused-ring (bicyclic) bond motifs is 1. The van der Waals surface area contributed by atoms with Gasteiger partial charge in [-0.25, -0.2) is 0 Å². The molecular weight excluding hydrogens is 414 g/mol. The highest BCUT2D eigenvalue weighted by Gasteiger charge is 2.24. The molecule has 2 aliphatic heterocycles. The summed E-state index contributed by atoms with van der Waals surface area (Å²) in [5.41, 5.74) is 4.54. The first kappa shape index (κ1) is 23.2. The maximum absolute atomic E-state index is 12.9. The van der Waals surface area contributed by atoms with Crippen LogP contribution in [-0.2, 0) is 6.54 Å². The second-order valence-corrected chi connectivity index (χ2v) is 10.6. The fourth-order valence-corrected chi connectivity index (χ4v) is 6.01. The summed E-state index contributed by atoms with van der Waals surface area (Å²) in [4.78, 5) is 19.1. The predicted octanol–water partition coefficient (Wildman–Crippen LogP) is 5.49. The Labute approximate surface area is 197 Å². The van der Waals surface area contributed by atoms with E-state index in [0.717, 1.165) is 43.9 Å². The van der Waals surface area contributed by atoms with Crippen LogP contribution in [0.15, 0.2) is 47.4 Å². The van der Waals surface area contributed by atoms with Gasteiger partial charge in [-0.3, -0.25) is 9.69 Å². The van der Waals surface area contributed by atoms with Crippen LogP contribution in [0.5, 0.6) is 0 Å². The monoisotopic (exact) mass is 451 g/mol. The van der Waals surface area contributed by atoms with Gasteiger partial charge in [-0.1, -0.05) is 36.2 Å². The molecule has 0 radical (unpaired) electrons. The number of nitrogens with zero attached hydrogens (tertiary/aromatic N) is 2. The summed E-state index contributed by atoms with van der Waals surface area (Å²) >= 11 is 1.88. The molecule has 2 aromatic rings. The Morgan fingerprint density at radius 3 is 2.59 bits per heavy atom. The van der Waals surface area contributed by atoms with E-state index >= 15 is 0 Å². The number of piperidine rings is 1. The normalized spacial score (nSPS) is 21.3. The molecule has 2 aromatic carbocycles. The van der Waals surface area contributed by atoms with E-state index in [1.54, 1.807) is 0 Å². The number of benzene rings is 2. The molecule has 172 valence electrons. The Kier molecular flexibility index (Phi) is 7.80. The lowest BCUT2D eigenvalue weighted by Gasteiger charge is -2.39. The number of thioether (sulfide) groups is 1. The summed E-state index contributed by atoms with van der Waals surface area (Å²) in [5.74, 6) is 1.12. The molecule has 1 amide bonds. The zero-order valence-corrected chi connectivity index (χ0v) is 20.6. The third-order valence-corrected chi connectivity index (χ3v) is 7.97. The summed E-state index contributed by atoms with van der Waals surface area (Å²) in [6.07, 6.45) is 4.93. The number of anilines is 1. The maximum Gasteiger partial charge on any atom is 0.251 e. The number of hydrogen-bond donors (Lipinski definition) is 1. The highest BCUT2D eigenvalue weighted by molar-refractivity contribution is 7.99. The third-order valence-electron chi connectivity index (χ3n) is 6.93. The van der Waals surface area contributed by atoms with E-state index in [4.69, 9.17) is 0 Å². The quantitative estimate of drug-likeness (QED) is 0.565. The lowest BCUT2D eigenvalue weighted by molar-refractivity contribution is 0.0925. The highest BCUT2D eigenvalue weighted by Crippen LogP contribution is 2.36. The Hall–Kier alpha value is -1.98. The lowest BCUT2D eigenvalue weighted by atomic mass is 9.97. The van der Waals surface area contributed by atoms with Gasteiger partial charge in [0.2, 0.25) is 0 Å². The summed E-state index contributed by atoms with van der Waals surface area (Å²) in [5, 5.41) is 3.15. The zero-order chi connectivity index (χ0) is 22.5. The van der Waals surface area contributed by atoms with Gasteiger partial charge in [0.15, 0.2) is 0 Å². The van der Waals surface area contributed by atoms with Gasteiger partial charge >= 0.3 is 0 Å². The number of hydrogen-bond acceptors (Lipinski definition) is 4. The number of nitrogens with one attached hydrogen (secondary N) is 1. The van der Waals surface area contributed by atoms with E-state index < -0.39 is 0 Å². The van der Waals surface area contributed by atoms with Crippen LogP contribution >= 0.6 is 11.8 Å². The van der Waals surface area contributed by atoms with Crippen molar-refractivity contribution in [1.29, 1.82) is 0 Å². The van der Waals surface area contributed by atoms with Gasteiger partial charge in [-0.05, 0) is 63.8 Å². The minimum absolute atomic E-state index is 0.0402. The van der Waals surface area contributed by atoms with Crippen LogP contribution in [0.4, 0.5) is 5.69 Å². The number of aryl methyl sites for hydroxylation is 1. The average molecular weight is 452 g/mol. The van der Waals surface area contributed by atoms with Crippen LogP contribution in [-0.4, -0.2) is 48.3 Å². The molecule has 0 saturated carbocycles. The molecule has 2 aliphatic rings. The van der Waals surface area contributed by atoms with Crippen molar-refractivity contribution in [1.82, 2.24) is 10.2 Å². The molecule has 0 bridgehead atoms. The predicted molar refractivity (Wildman–Crippen MR) is 136 cm³/mol. The van der Waals surface area contributed by atoms with E-state index in [0.29, 0.717) is 12.1 Å². The zero-order valence-electron chi connectivity index (χ0n) is 19.8. The summed E-state index contributed by atoms with van der Waals surface area (Å²) in [7, 11) is 0. The molecule has 2 heterocycles. The number of carbonyl (C=O) groups excluding carboxylic acids is 1. The Balaban J connectivity index is 1.34. The van der Waals surface area contributed by atoms with Crippen molar-refractivity contribution in [3.63, 3.8) is 0 Å². The second-order valence-electron chi connectivity index (χ2n) is 9.41. The van der Waals surface area contributed by atoms with Crippen LogP contribution in [0.2, 0.25) is 0 Å². The van der Waals surface area contributed by atoms with Crippen molar-refractivity contribution < 1.29 is 4.79 Å². The van der Waals surface area contributed by atoms with E-state index in [-0.39, 0.29) is 5.91 Å². The van der Waals surface area contributed by atoms with Gasteiger partial charge in [0.1, 0.15) is 0 Å². The molecule has 0 unspecified atom stereocenters. The SMILES string of the molecule is Cc1ccc(CN2CCSc3ccc(C(=O)NCCCN4[C@H](C)CCC[C@@H]4C)cc32)cc1. The Bertz CT molecular complexity index is 904. The summed E-state index contributed by atoms with van der Waals surface area (Å²) in [6, 6.07) is 16.3. The molecular formula is C27H37N3OS. The van der Waals surface area contributed by atoms with Crippen molar-refractivity contribution in [2.75, 3.05) is 30.3 Å². The van der Waals surface area contributed by atoms with Crippen LogP contribution in [0, 0.1) is 6.92 Å². The molecule has 4 nitrogen and oxygen atoms in total. The average Bonchev–Trinajstić information content (AvgIpc) is 2.79. The first-order chi connectivity index (χ1) is 15.5. The van der Waals surface area contributed by atoms with E-state index in [9.17, 15) is 4.79 Å². The van der Waals surface area contributed by atoms with Crippen molar-refractivity contribution in [2.24, 2.45) is 0 Å². The third kappa shape index (κ3) is 5.68. The van der Waals surface area contributed by atoms with Crippen LogP contribution in [0.25, 0.3) is 0 Å². The summed E-state index contributed by atoms with van der Waals surface area (Å²) in [6.45, 7) is 10.5. The lowest BCUT2D eigenvalue weighted by Crippen LogP contribution is -2.44. The van der Waals surface area contributed by atoms with Gasteiger partial charge in [-0.15, -0.1) is 11.8 Å². The van der Waals surface area contributed by atoms with Gasteiger partial charge in [0, 0.05) is 54.5 Å². The Morgan fingerprint density at radius 1 is 1.09 bits per heavy atom. The van der Waals surface area contributed by atoms with Crippen LogP contribution in [0.3, 0.4) is 0 Å². The fourth-order valence-electron chi connectivity index (χ4n) is 4.97. The topological polar surface area (TPSA) is 35.6 Å². The van der Waals surface area contributed by atoms with Crippen LogP contribution < -0.4 is 10.2 Å². The molecule has 1 fully saturated rings. The van der Waals surface area contributed by atoms with E-state index in [1.807, 2.05) is 17.8 Å². The molecule has 1 N–H and O–H groups in total. The van der Waals surface area contributed by atoms with Crippen LogP contribution in [0.1, 0.15) is 61.0 Å². The van der Waals surface area contributed by atoms with Crippen molar-refractivity contribution >= 4 is 23.4 Å². The molecule has 4 rings (SSSR count). The molecule has 5 heteroatoms. The summed E-state index contributed by atoms with van der Waals surface area (Å²) < 4.78 is 0. The minimum atomic E-state index is 0.0402. The molecule has 32 heavy (non-hydrogen) atoms. The van der Waals surface area contributed by atoms with E-state index in [2.05, 4.69) is 72.3 Å². The molecule has 2 atom stereocenters. The Morgan fingerprint density at radius 2 is 1.84 bits per heavy atom. The largest absolute Gasteiger partial charge is 0.365 e. The van der Waals surface area contributed by atoms with Crippen molar-refractivity contribution in [2.45, 2.75) is 70.0 Å². The standard InChI is InChI=1S/C27H37N3OS/c1-20-8-10-23(11-9-20)19-29-16-17-32-26-13-12-24(18-25(26)29)27(31)28-14-5-15-30-21(2)6-4-7-22(30)3/h8-13,18,21-22H,4-7,14-17,19H2,1-3H3,(H,28,31)/t21-,22+. The van der Waals surface area contributed by atoms with Gasteiger partial charge in [0.25, 0.3) is 5.91 Å². The molecule has 0 aromatic heterocycles. The second kappa shape index (κ2) is 10.8. The van der Waals surface area contributed by atoms with Gasteiger partial charge in [0.05, 0.1) is 5.69 Å². The first-order valence-corrected chi connectivity index (χ1v) is 13.1. The maximum atomic E-state index is 12.9. The number of amides is 1. The van der Waals surface area contributed by atoms with Gasteiger partial charge in [-0.2, -0.15) is 0 Å². The van der Waals surface area contributed by atoms with Crippen molar-refractivity contribution in [3.8, 4) is 0 Å². The fraction of sp³-hybridized carbons (Fsp3) is 0.519.